The zero-order chi connectivity index (χ0) is 18.6. The molecule has 3 heterocycles. The number of nitrogens with zero attached hydrogens (tertiary/aromatic N) is 3. The Morgan fingerprint density at radius 1 is 1.41 bits per heavy atom. The molecule has 5 nitrogen and oxygen atoms in total. The molecule has 1 saturated heterocycles. The number of carbonyl (C=O) groups is 1. The minimum absolute atomic E-state index is 0.0226. The zero-order valence-electron chi connectivity index (χ0n) is 14.8. The van der Waals surface area contributed by atoms with Gasteiger partial charge in [0.25, 0.3) is 5.91 Å². The Kier molecular flexibility index (Phi) is 3.48. The molecule has 27 heavy (non-hydrogen) atoms. The number of aromatic nitrogens is 1. The quantitative estimate of drug-likeness (QED) is 0.888. The van der Waals surface area contributed by atoms with E-state index < -0.39 is 17.8 Å². The molecule has 1 aromatic heterocycles. The molecule has 1 N–H and O–H groups in total. The Hall–Kier alpha value is -2.94. The summed E-state index contributed by atoms with van der Waals surface area (Å²) in [6.07, 6.45) is 5.34. The number of nitriles is 1. The first kappa shape index (κ1) is 16.2. The first-order valence-electron chi connectivity index (χ1n) is 9.37. The van der Waals surface area contributed by atoms with E-state index in [1.54, 1.807) is 18.3 Å². The Bertz CT molecular complexity index is 992. The largest absolute Gasteiger partial charge is 0.369 e. The molecule has 1 spiro atoms. The van der Waals surface area contributed by atoms with E-state index in [2.05, 4.69) is 16.4 Å². The Morgan fingerprint density at radius 2 is 2.26 bits per heavy atom. The molecule has 2 aliphatic heterocycles. The van der Waals surface area contributed by atoms with Crippen molar-refractivity contribution in [2.45, 2.75) is 37.1 Å². The van der Waals surface area contributed by atoms with Crippen LogP contribution in [0.3, 0.4) is 0 Å². The molecule has 136 valence electrons. The maximum atomic E-state index is 15.3. The van der Waals surface area contributed by atoms with Crippen molar-refractivity contribution < 1.29 is 9.18 Å². The fourth-order valence-corrected chi connectivity index (χ4v) is 4.32. The van der Waals surface area contributed by atoms with Crippen LogP contribution in [0, 0.1) is 17.1 Å². The van der Waals surface area contributed by atoms with E-state index >= 15 is 4.39 Å². The summed E-state index contributed by atoms with van der Waals surface area (Å²) < 4.78 is 15.3. The fourth-order valence-electron chi connectivity index (χ4n) is 4.32. The Balaban J connectivity index is 1.53. The van der Waals surface area contributed by atoms with Crippen molar-refractivity contribution in [3.05, 3.63) is 47.4 Å². The van der Waals surface area contributed by atoms with E-state index in [1.165, 1.54) is 11.0 Å². The Labute approximate surface area is 156 Å². The number of amides is 1. The van der Waals surface area contributed by atoms with Gasteiger partial charge in [-0.1, -0.05) is 12.1 Å². The van der Waals surface area contributed by atoms with Crippen LogP contribution in [0.25, 0.3) is 11.1 Å². The van der Waals surface area contributed by atoms with Gasteiger partial charge >= 0.3 is 0 Å². The third kappa shape index (κ3) is 2.42. The van der Waals surface area contributed by atoms with E-state index in [0.717, 1.165) is 37.2 Å². The van der Waals surface area contributed by atoms with E-state index in [0.29, 0.717) is 24.1 Å². The Morgan fingerprint density at radius 3 is 3.04 bits per heavy atom. The monoisotopic (exact) mass is 362 g/mol. The number of pyridine rings is 1. The van der Waals surface area contributed by atoms with Gasteiger partial charge in [0.1, 0.15) is 17.7 Å². The van der Waals surface area contributed by atoms with Crippen LogP contribution in [0.15, 0.2) is 30.5 Å². The molecule has 1 aromatic carbocycles. The van der Waals surface area contributed by atoms with E-state index in [9.17, 15) is 10.1 Å². The van der Waals surface area contributed by atoms with Crippen molar-refractivity contribution in [3.63, 3.8) is 0 Å². The van der Waals surface area contributed by atoms with E-state index in [1.807, 2.05) is 6.07 Å². The summed E-state index contributed by atoms with van der Waals surface area (Å²) in [6.45, 7) is 1.39. The van der Waals surface area contributed by atoms with Crippen LogP contribution >= 0.6 is 0 Å². The van der Waals surface area contributed by atoms with Crippen LogP contribution in [0.1, 0.15) is 41.6 Å². The molecule has 0 radical (unpaired) electrons. The highest BCUT2D eigenvalue weighted by molar-refractivity contribution is 5.96. The molecular formula is C21H19FN4O. The van der Waals surface area contributed by atoms with Crippen LogP contribution in [0.2, 0.25) is 0 Å². The molecule has 5 rings (SSSR count). The molecular weight excluding hydrogens is 343 g/mol. The second-order valence-electron chi connectivity index (χ2n) is 7.71. The highest BCUT2D eigenvalue weighted by atomic mass is 19.1. The first-order valence-corrected chi connectivity index (χ1v) is 9.37. The molecule has 1 unspecified atom stereocenters. The predicted molar refractivity (Wildman–Crippen MR) is 98.7 cm³/mol. The number of fused-ring (bicyclic) bond motifs is 2. The van der Waals surface area contributed by atoms with Crippen molar-refractivity contribution in [2.24, 2.45) is 0 Å². The van der Waals surface area contributed by atoms with Gasteiger partial charge in [-0.05, 0) is 37.8 Å². The first-order chi connectivity index (χ1) is 13.1. The summed E-state index contributed by atoms with van der Waals surface area (Å²) in [5.74, 6) is -0.0608. The van der Waals surface area contributed by atoms with Gasteiger partial charge in [0.2, 0.25) is 0 Å². The molecule has 1 amide bonds. The lowest BCUT2D eigenvalue weighted by molar-refractivity contribution is 0.0760. The molecule has 2 fully saturated rings. The fraction of sp³-hybridized carbons (Fsp3) is 0.381. The molecule has 0 bridgehead atoms. The van der Waals surface area contributed by atoms with Crippen molar-refractivity contribution in [3.8, 4) is 17.2 Å². The minimum atomic E-state index is -0.538. The molecule has 1 saturated carbocycles. The van der Waals surface area contributed by atoms with Gasteiger partial charge in [-0.2, -0.15) is 5.26 Å². The van der Waals surface area contributed by atoms with Gasteiger partial charge in [-0.3, -0.25) is 4.79 Å². The summed E-state index contributed by atoms with van der Waals surface area (Å²) in [5, 5.41) is 12.6. The van der Waals surface area contributed by atoms with E-state index in [-0.39, 0.29) is 11.0 Å². The van der Waals surface area contributed by atoms with Crippen molar-refractivity contribution in [1.29, 1.82) is 5.26 Å². The minimum Gasteiger partial charge on any atom is -0.369 e. The van der Waals surface area contributed by atoms with Crippen LogP contribution < -0.4 is 5.32 Å². The number of carbonyl (C=O) groups excluding carboxylic acids is 1. The standard InChI is InChI=1S/C21H19FN4O/c22-18-15(13-9-17-19(24-11-13)25-12-21(17)6-7-21)4-1-5-16(18)20(27)26-8-2-3-14(26)10-23/h1,4-5,9,11,14H,2-3,6-8,12H2,(H,24,25). The number of benzene rings is 1. The van der Waals surface area contributed by atoms with Gasteiger partial charge < -0.3 is 10.2 Å². The lowest BCUT2D eigenvalue weighted by Gasteiger charge is -2.20. The third-order valence-electron chi connectivity index (χ3n) is 6.11. The number of nitrogens with one attached hydrogen (secondary N) is 1. The SMILES string of the molecule is N#CC1CCCN1C(=O)c1cccc(-c2cnc3c(c2)C2(CC2)CN3)c1F. The van der Waals surface area contributed by atoms with Crippen LogP contribution in [-0.4, -0.2) is 34.9 Å². The lowest BCUT2D eigenvalue weighted by Crippen LogP contribution is -2.35. The number of anilines is 1. The molecule has 3 aliphatic rings. The number of likely N-dealkylation sites (tertiary alicyclic amines) is 1. The van der Waals surface area contributed by atoms with Crippen molar-refractivity contribution in [2.75, 3.05) is 18.4 Å². The maximum Gasteiger partial charge on any atom is 0.257 e. The summed E-state index contributed by atoms with van der Waals surface area (Å²) in [4.78, 5) is 18.8. The van der Waals surface area contributed by atoms with Crippen LogP contribution in [0.4, 0.5) is 10.2 Å². The summed E-state index contributed by atoms with van der Waals surface area (Å²) in [7, 11) is 0. The third-order valence-corrected chi connectivity index (χ3v) is 6.11. The molecule has 1 atom stereocenters. The van der Waals surface area contributed by atoms with Crippen LogP contribution in [-0.2, 0) is 5.41 Å². The van der Waals surface area contributed by atoms with Crippen LogP contribution in [0.5, 0.6) is 0 Å². The number of hydrogen-bond acceptors (Lipinski definition) is 4. The van der Waals surface area contributed by atoms with Crippen molar-refractivity contribution in [1.82, 2.24) is 9.88 Å². The smallest absolute Gasteiger partial charge is 0.257 e. The summed E-state index contributed by atoms with van der Waals surface area (Å²) in [6, 6.07) is 8.56. The summed E-state index contributed by atoms with van der Waals surface area (Å²) in [5.41, 5.74) is 2.41. The predicted octanol–water partition coefficient (Wildman–Crippen LogP) is 3.47. The average molecular weight is 362 g/mol. The average Bonchev–Trinajstić information content (AvgIpc) is 3.17. The van der Waals surface area contributed by atoms with Gasteiger partial charge in [0, 0.05) is 41.4 Å². The second-order valence-corrected chi connectivity index (χ2v) is 7.71. The van der Waals surface area contributed by atoms with Gasteiger partial charge in [-0.25, -0.2) is 9.37 Å². The van der Waals surface area contributed by atoms with Gasteiger partial charge in [0.15, 0.2) is 0 Å². The van der Waals surface area contributed by atoms with Crippen molar-refractivity contribution >= 4 is 11.7 Å². The molecule has 2 aromatic rings. The number of rotatable bonds is 2. The second kappa shape index (κ2) is 5.78. The summed E-state index contributed by atoms with van der Waals surface area (Å²) >= 11 is 0. The lowest BCUT2D eigenvalue weighted by atomic mass is 9.95. The maximum absolute atomic E-state index is 15.3. The highest BCUT2D eigenvalue weighted by Gasteiger charge is 2.49. The molecule has 1 aliphatic carbocycles. The topological polar surface area (TPSA) is 69.0 Å². The highest BCUT2D eigenvalue weighted by Crippen LogP contribution is 2.54. The number of halogens is 1. The van der Waals surface area contributed by atoms with Gasteiger partial charge in [0.05, 0.1) is 11.6 Å². The number of hydrogen-bond donors (Lipinski definition) is 1. The molecule has 6 heteroatoms. The zero-order valence-corrected chi connectivity index (χ0v) is 14.8. The normalized spacial score (nSPS) is 21.6. The van der Waals surface area contributed by atoms with E-state index in [4.69, 9.17) is 0 Å². The van der Waals surface area contributed by atoms with Gasteiger partial charge in [-0.15, -0.1) is 0 Å².